The van der Waals surface area contributed by atoms with Gasteiger partial charge in [-0.2, -0.15) is 0 Å². The molecule has 86 valence electrons. The fourth-order valence-corrected chi connectivity index (χ4v) is 1.96. The smallest absolute Gasteiger partial charge is 0.209 e. The minimum absolute atomic E-state index is 0.305. The van der Waals surface area contributed by atoms with Gasteiger partial charge in [0.1, 0.15) is 5.58 Å². The summed E-state index contributed by atoms with van der Waals surface area (Å²) in [5, 5.41) is 1.02. The molecule has 0 amide bonds. The topological polar surface area (TPSA) is 59.3 Å². The lowest BCUT2D eigenvalue weighted by Crippen LogP contribution is -2.21. The fraction of sp³-hybridized carbons (Fsp3) is 0.273. The van der Waals surface area contributed by atoms with Crippen LogP contribution < -0.4 is 4.72 Å². The Balaban J connectivity index is 2.29. The van der Waals surface area contributed by atoms with Gasteiger partial charge in [0.15, 0.2) is 0 Å². The number of hydrogen-bond donors (Lipinski definition) is 1. The highest BCUT2D eigenvalue weighted by Crippen LogP contribution is 2.21. The standard InChI is InChI=1S/C11H13NO3S/c1-8-7-15-11-4-3-9(5-10(8)11)6-12-16(2,13)14/h3-5,7,12H,6H2,1-2H3. The first-order chi connectivity index (χ1) is 7.46. The van der Waals surface area contributed by atoms with Crippen molar-refractivity contribution < 1.29 is 12.8 Å². The Morgan fingerprint density at radius 3 is 2.81 bits per heavy atom. The van der Waals surface area contributed by atoms with Gasteiger partial charge in [-0.25, -0.2) is 13.1 Å². The fourth-order valence-electron chi connectivity index (χ4n) is 1.53. The molecule has 5 heteroatoms. The highest BCUT2D eigenvalue weighted by Gasteiger charge is 2.05. The van der Waals surface area contributed by atoms with Crippen molar-refractivity contribution in [1.29, 1.82) is 0 Å². The van der Waals surface area contributed by atoms with E-state index >= 15 is 0 Å². The highest BCUT2D eigenvalue weighted by atomic mass is 32.2. The van der Waals surface area contributed by atoms with Gasteiger partial charge in [0.25, 0.3) is 0 Å². The van der Waals surface area contributed by atoms with Gasteiger partial charge in [-0.1, -0.05) is 6.07 Å². The molecule has 0 aliphatic carbocycles. The van der Waals surface area contributed by atoms with E-state index < -0.39 is 10.0 Å². The van der Waals surface area contributed by atoms with Crippen molar-refractivity contribution in [3.63, 3.8) is 0 Å². The Morgan fingerprint density at radius 2 is 2.12 bits per heavy atom. The third kappa shape index (κ3) is 2.43. The van der Waals surface area contributed by atoms with Crippen LogP contribution >= 0.6 is 0 Å². The van der Waals surface area contributed by atoms with E-state index in [2.05, 4.69) is 4.72 Å². The Morgan fingerprint density at radius 1 is 1.38 bits per heavy atom. The number of fused-ring (bicyclic) bond motifs is 1. The summed E-state index contributed by atoms with van der Waals surface area (Å²) in [6.45, 7) is 2.26. The lowest BCUT2D eigenvalue weighted by atomic mass is 10.1. The van der Waals surface area contributed by atoms with Gasteiger partial charge < -0.3 is 4.42 Å². The molecule has 0 atom stereocenters. The maximum absolute atomic E-state index is 11.0. The van der Waals surface area contributed by atoms with Gasteiger partial charge in [-0.3, -0.25) is 0 Å². The molecule has 1 aromatic heterocycles. The molecule has 1 aromatic carbocycles. The zero-order valence-electron chi connectivity index (χ0n) is 9.15. The van der Waals surface area contributed by atoms with E-state index in [9.17, 15) is 8.42 Å². The largest absolute Gasteiger partial charge is 0.464 e. The zero-order valence-corrected chi connectivity index (χ0v) is 9.97. The van der Waals surface area contributed by atoms with E-state index in [1.807, 2.05) is 25.1 Å². The van der Waals surface area contributed by atoms with E-state index in [0.717, 1.165) is 28.4 Å². The summed E-state index contributed by atoms with van der Waals surface area (Å²) in [7, 11) is -3.15. The van der Waals surface area contributed by atoms with Crippen LogP contribution in [0.4, 0.5) is 0 Å². The monoisotopic (exact) mass is 239 g/mol. The van der Waals surface area contributed by atoms with E-state index in [1.54, 1.807) is 6.26 Å². The van der Waals surface area contributed by atoms with Crippen LogP contribution in [0.3, 0.4) is 0 Å². The van der Waals surface area contributed by atoms with Gasteiger partial charge in [0, 0.05) is 11.9 Å². The second-order valence-corrected chi connectivity index (χ2v) is 5.68. The molecule has 0 saturated carbocycles. The van der Waals surface area contributed by atoms with E-state index in [-0.39, 0.29) is 0 Å². The summed E-state index contributed by atoms with van der Waals surface area (Å²) in [6, 6.07) is 5.64. The van der Waals surface area contributed by atoms with Gasteiger partial charge in [0.05, 0.1) is 12.5 Å². The van der Waals surface area contributed by atoms with Crippen molar-refractivity contribution in [2.75, 3.05) is 6.26 Å². The summed E-state index contributed by atoms with van der Waals surface area (Å²) in [4.78, 5) is 0. The minimum Gasteiger partial charge on any atom is -0.464 e. The van der Waals surface area contributed by atoms with Crippen LogP contribution in [0.15, 0.2) is 28.9 Å². The molecule has 1 N–H and O–H groups in total. The van der Waals surface area contributed by atoms with Crippen molar-refractivity contribution in [3.8, 4) is 0 Å². The molecule has 0 bridgehead atoms. The number of nitrogens with one attached hydrogen (secondary N) is 1. The first-order valence-electron chi connectivity index (χ1n) is 4.87. The Kier molecular flexibility index (Phi) is 2.73. The SMILES string of the molecule is Cc1coc2ccc(CNS(C)(=O)=O)cc12. The molecule has 1 heterocycles. The van der Waals surface area contributed by atoms with Gasteiger partial charge >= 0.3 is 0 Å². The number of aryl methyl sites for hydroxylation is 1. The van der Waals surface area contributed by atoms with Crippen molar-refractivity contribution >= 4 is 21.0 Å². The van der Waals surface area contributed by atoms with Crippen molar-refractivity contribution in [3.05, 3.63) is 35.6 Å². The lowest BCUT2D eigenvalue weighted by Gasteiger charge is -2.02. The van der Waals surface area contributed by atoms with Gasteiger partial charge in [0.2, 0.25) is 10.0 Å². The van der Waals surface area contributed by atoms with Crippen LogP contribution in [0.25, 0.3) is 11.0 Å². The van der Waals surface area contributed by atoms with Crippen molar-refractivity contribution in [2.45, 2.75) is 13.5 Å². The molecule has 0 fully saturated rings. The number of sulfonamides is 1. The maximum atomic E-state index is 11.0. The zero-order chi connectivity index (χ0) is 11.8. The van der Waals surface area contributed by atoms with Crippen LogP contribution in [0.5, 0.6) is 0 Å². The normalized spacial score (nSPS) is 12.1. The third-order valence-corrected chi connectivity index (χ3v) is 3.04. The molecule has 0 saturated heterocycles. The summed E-state index contributed by atoms with van der Waals surface area (Å²) >= 11 is 0. The molecular weight excluding hydrogens is 226 g/mol. The number of hydrogen-bond acceptors (Lipinski definition) is 3. The van der Waals surface area contributed by atoms with Crippen LogP contribution in [-0.2, 0) is 16.6 Å². The highest BCUT2D eigenvalue weighted by molar-refractivity contribution is 7.88. The maximum Gasteiger partial charge on any atom is 0.209 e. The molecule has 16 heavy (non-hydrogen) atoms. The summed E-state index contributed by atoms with van der Waals surface area (Å²) in [5.41, 5.74) is 2.79. The van der Waals surface area contributed by atoms with Crippen LogP contribution in [0.2, 0.25) is 0 Å². The quantitative estimate of drug-likeness (QED) is 0.888. The average molecular weight is 239 g/mol. The van der Waals surface area contributed by atoms with Crippen molar-refractivity contribution in [2.24, 2.45) is 0 Å². The van der Waals surface area contributed by atoms with Crippen LogP contribution in [0, 0.1) is 6.92 Å². The molecule has 0 spiro atoms. The lowest BCUT2D eigenvalue weighted by molar-refractivity contribution is 0.587. The molecule has 0 aliphatic heterocycles. The summed E-state index contributed by atoms with van der Waals surface area (Å²) < 4.78 is 29.7. The van der Waals surface area contributed by atoms with Gasteiger partial charge in [-0.15, -0.1) is 0 Å². The predicted octanol–water partition coefficient (Wildman–Crippen LogP) is 1.79. The molecule has 4 nitrogen and oxygen atoms in total. The Labute approximate surface area is 94.3 Å². The molecule has 2 rings (SSSR count). The molecule has 0 aliphatic rings. The first-order valence-corrected chi connectivity index (χ1v) is 6.76. The minimum atomic E-state index is -3.15. The second-order valence-electron chi connectivity index (χ2n) is 3.84. The molecule has 0 unspecified atom stereocenters. The Bertz CT molecular complexity index is 613. The van der Waals surface area contributed by atoms with E-state index in [0.29, 0.717) is 6.54 Å². The second kappa shape index (κ2) is 3.92. The van der Waals surface area contributed by atoms with Gasteiger partial charge in [-0.05, 0) is 30.2 Å². The molecule has 2 aromatic rings. The van der Waals surface area contributed by atoms with Crippen molar-refractivity contribution in [1.82, 2.24) is 4.72 Å². The molecular formula is C11H13NO3S. The first kappa shape index (κ1) is 11.2. The van der Waals surface area contributed by atoms with Crippen LogP contribution in [0.1, 0.15) is 11.1 Å². The molecule has 0 radical (unpaired) electrons. The van der Waals surface area contributed by atoms with E-state index in [4.69, 9.17) is 4.42 Å². The predicted molar refractivity (Wildman–Crippen MR) is 62.6 cm³/mol. The number of rotatable bonds is 3. The average Bonchev–Trinajstić information content (AvgIpc) is 2.56. The summed E-state index contributed by atoms with van der Waals surface area (Å²) in [5.74, 6) is 0. The Hall–Kier alpha value is -1.33. The van der Waals surface area contributed by atoms with Crippen LogP contribution in [-0.4, -0.2) is 14.7 Å². The summed E-state index contributed by atoms with van der Waals surface area (Å²) in [6.07, 6.45) is 2.84. The van der Waals surface area contributed by atoms with E-state index in [1.165, 1.54) is 0 Å². The number of furan rings is 1. The third-order valence-electron chi connectivity index (χ3n) is 2.37. The number of benzene rings is 1.